The molecule has 0 radical (unpaired) electrons. The minimum absolute atomic E-state index is 0.0517. The van der Waals surface area contributed by atoms with E-state index in [4.69, 9.17) is 16.7 Å². The number of nitriles is 2. The van der Waals surface area contributed by atoms with Gasteiger partial charge in [-0.3, -0.25) is 28.8 Å². The van der Waals surface area contributed by atoms with Gasteiger partial charge in [-0.15, -0.1) is 0 Å². The summed E-state index contributed by atoms with van der Waals surface area (Å²) in [5.74, 6) is -3.17. The zero-order valence-electron chi connectivity index (χ0n) is 34.1. The summed E-state index contributed by atoms with van der Waals surface area (Å²) in [7, 11) is 3.69. The van der Waals surface area contributed by atoms with Crippen molar-refractivity contribution in [3.63, 3.8) is 0 Å². The fourth-order valence-electron chi connectivity index (χ4n) is 8.24. The summed E-state index contributed by atoms with van der Waals surface area (Å²) >= 11 is 0. The van der Waals surface area contributed by atoms with Gasteiger partial charge in [0, 0.05) is 60.8 Å². The molecular formula is C44H54N10O6. The Kier molecular flexibility index (Phi) is 15.4. The fourth-order valence-corrected chi connectivity index (χ4v) is 8.24. The first-order chi connectivity index (χ1) is 28.8. The molecule has 2 fully saturated rings. The van der Waals surface area contributed by atoms with Gasteiger partial charge in [-0.05, 0) is 62.8 Å². The number of primary amides is 2. The van der Waals surface area contributed by atoms with Gasteiger partial charge < -0.3 is 41.9 Å². The number of aryl methyl sites for hydroxylation is 2. The van der Waals surface area contributed by atoms with Crippen LogP contribution in [0.5, 0.6) is 0 Å². The lowest BCUT2D eigenvalue weighted by atomic mass is 9.83. The van der Waals surface area contributed by atoms with Gasteiger partial charge in [-0.1, -0.05) is 62.1 Å². The van der Waals surface area contributed by atoms with Crippen molar-refractivity contribution < 1.29 is 28.8 Å². The van der Waals surface area contributed by atoms with Crippen LogP contribution in [0.15, 0.2) is 60.7 Å². The van der Waals surface area contributed by atoms with E-state index < -0.39 is 29.8 Å². The summed E-state index contributed by atoms with van der Waals surface area (Å²) in [4.78, 5) is 74.3. The molecular weight excluding hydrogens is 765 g/mol. The number of fused-ring (bicyclic) bond motifs is 2. The van der Waals surface area contributed by atoms with E-state index in [-0.39, 0.29) is 60.9 Å². The lowest BCUT2D eigenvalue weighted by Gasteiger charge is -2.32. The van der Waals surface area contributed by atoms with Crippen LogP contribution in [0.2, 0.25) is 0 Å². The highest BCUT2D eigenvalue weighted by Crippen LogP contribution is 2.28. The van der Waals surface area contributed by atoms with E-state index >= 15 is 0 Å². The Bertz CT molecular complexity index is 2300. The molecule has 6 rings (SSSR count). The van der Waals surface area contributed by atoms with Crippen molar-refractivity contribution in [3.05, 3.63) is 72.1 Å². The van der Waals surface area contributed by atoms with Crippen LogP contribution in [0.25, 0.3) is 21.8 Å². The number of hydrogen-bond acceptors (Lipinski definition) is 8. The standard InChI is InChI=1S/C22H29N5O4.C22H25N5O2/c1-27-17-9-5-2-6-13(17)12-18(27)22(31)25-15-8-4-3-7-14(15)21(30)26-16(20(24)29)10-11-19(23)28;1-27-19-11-5-2-7-15(19)13-20(27)22(29)26-18-10-4-3-9-17(18)21(28)25-16(14-24)8-6-12-23/h2,5-6,9,12,14-16H,3-4,7-8,10-11H2,1H3,(H2,23,28)(H2,24,29)(H,25,31)(H,26,30);2,5,7,11,13,16-18H,3-4,6,8-10H2,1H3,(H,25,28)(H,26,29)/t14-,15+,16+;16?,17-,18+/m11/s1. The molecule has 6 atom stereocenters. The number of carbonyl (C=O) groups excluding carboxylic acids is 6. The minimum Gasteiger partial charge on any atom is -0.370 e. The summed E-state index contributed by atoms with van der Waals surface area (Å²) in [6.07, 6.45) is 6.76. The average Bonchev–Trinajstić information content (AvgIpc) is 3.77. The van der Waals surface area contributed by atoms with Crippen molar-refractivity contribution in [2.75, 3.05) is 0 Å². The normalized spacial score (nSPS) is 19.6. The Balaban J connectivity index is 0.000000228. The second kappa shape index (κ2) is 20.8. The van der Waals surface area contributed by atoms with Gasteiger partial charge in [0.15, 0.2) is 0 Å². The van der Waals surface area contributed by atoms with E-state index in [9.17, 15) is 34.0 Å². The third-order valence-electron chi connectivity index (χ3n) is 11.6. The van der Waals surface area contributed by atoms with E-state index in [1.54, 1.807) is 0 Å². The monoisotopic (exact) mass is 818 g/mol. The van der Waals surface area contributed by atoms with Gasteiger partial charge in [0.25, 0.3) is 11.8 Å². The van der Waals surface area contributed by atoms with Crippen molar-refractivity contribution in [1.29, 1.82) is 10.5 Å². The first-order valence-electron chi connectivity index (χ1n) is 20.5. The Morgan fingerprint density at radius 1 is 0.700 bits per heavy atom. The molecule has 8 N–H and O–H groups in total. The van der Waals surface area contributed by atoms with E-state index in [2.05, 4.69) is 21.3 Å². The maximum atomic E-state index is 13.0. The molecule has 16 heteroatoms. The second-order valence-electron chi connectivity index (χ2n) is 15.6. The number of benzene rings is 2. The molecule has 2 saturated carbocycles. The molecule has 2 aliphatic rings. The van der Waals surface area contributed by atoms with Crippen molar-refractivity contribution in [2.24, 2.45) is 37.4 Å². The van der Waals surface area contributed by atoms with Crippen LogP contribution in [0.3, 0.4) is 0 Å². The molecule has 2 aromatic heterocycles. The van der Waals surface area contributed by atoms with Crippen molar-refractivity contribution in [1.82, 2.24) is 30.4 Å². The fraction of sp³-hybridized carbons (Fsp3) is 0.455. The first kappa shape index (κ1) is 44.4. The quantitative estimate of drug-likeness (QED) is 0.110. The number of hydrogen-bond donors (Lipinski definition) is 6. The topological polar surface area (TPSA) is 260 Å². The highest BCUT2D eigenvalue weighted by Gasteiger charge is 2.35. The Morgan fingerprint density at radius 2 is 1.17 bits per heavy atom. The summed E-state index contributed by atoms with van der Waals surface area (Å²) < 4.78 is 3.69. The maximum absolute atomic E-state index is 13.0. The van der Waals surface area contributed by atoms with Gasteiger partial charge >= 0.3 is 0 Å². The lowest BCUT2D eigenvalue weighted by Crippen LogP contribution is -2.53. The van der Waals surface area contributed by atoms with E-state index in [1.165, 1.54) is 0 Å². The molecule has 6 amide bonds. The highest BCUT2D eigenvalue weighted by atomic mass is 16.2. The molecule has 60 heavy (non-hydrogen) atoms. The van der Waals surface area contributed by atoms with Crippen LogP contribution in [-0.4, -0.2) is 68.7 Å². The molecule has 1 unspecified atom stereocenters. The third kappa shape index (κ3) is 11.1. The minimum atomic E-state index is -0.976. The Morgan fingerprint density at radius 3 is 1.60 bits per heavy atom. The van der Waals surface area contributed by atoms with Crippen molar-refractivity contribution >= 4 is 57.2 Å². The van der Waals surface area contributed by atoms with Gasteiger partial charge in [-0.2, -0.15) is 10.5 Å². The predicted molar refractivity (Wildman–Crippen MR) is 224 cm³/mol. The lowest BCUT2D eigenvalue weighted by molar-refractivity contribution is -0.131. The summed E-state index contributed by atoms with van der Waals surface area (Å²) in [5.41, 5.74) is 13.5. The number of carbonyl (C=O) groups is 6. The molecule has 16 nitrogen and oxygen atoms in total. The van der Waals surface area contributed by atoms with E-state index in [0.29, 0.717) is 37.1 Å². The molecule has 2 aliphatic carbocycles. The van der Waals surface area contributed by atoms with Crippen molar-refractivity contribution in [3.8, 4) is 12.1 Å². The molecule has 2 heterocycles. The Hall–Kier alpha value is -6.68. The second-order valence-corrected chi connectivity index (χ2v) is 15.6. The van der Waals surface area contributed by atoms with Gasteiger partial charge in [0.2, 0.25) is 23.6 Å². The molecule has 2 aromatic carbocycles. The number of nitrogens with two attached hydrogens (primary N) is 2. The summed E-state index contributed by atoms with van der Waals surface area (Å²) in [5, 5.41) is 31.3. The average molecular weight is 819 g/mol. The SMILES string of the molecule is Cn1c(C(=O)N[C@H]2CCCC[C@H]2C(=O)NC(C#N)CCC#N)cc2ccccc21.Cn1c(C(=O)N[C@H]2CCCC[C@H]2C(=O)N[C@@H](CCC(N)=O)C(N)=O)cc2ccccc21. The number of aromatic nitrogens is 2. The zero-order chi connectivity index (χ0) is 43.3. The van der Waals surface area contributed by atoms with Gasteiger partial charge in [0.1, 0.15) is 23.5 Å². The maximum Gasteiger partial charge on any atom is 0.268 e. The number of amides is 6. The van der Waals surface area contributed by atoms with Crippen LogP contribution < -0.4 is 32.7 Å². The van der Waals surface area contributed by atoms with Gasteiger partial charge in [-0.25, -0.2) is 0 Å². The molecule has 0 bridgehead atoms. The predicted octanol–water partition coefficient (Wildman–Crippen LogP) is 3.48. The van der Waals surface area contributed by atoms with Crippen LogP contribution in [0, 0.1) is 34.5 Å². The van der Waals surface area contributed by atoms with Crippen molar-refractivity contribution in [2.45, 2.75) is 101 Å². The molecule has 316 valence electrons. The van der Waals surface area contributed by atoms with Crippen LogP contribution in [0.1, 0.15) is 98.0 Å². The summed E-state index contributed by atoms with van der Waals surface area (Å²) in [6.45, 7) is 0. The van der Waals surface area contributed by atoms with E-state index in [1.807, 2.05) is 96.0 Å². The zero-order valence-corrected chi connectivity index (χ0v) is 34.1. The highest BCUT2D eigenvalue weighted by molar-refractivity contribution is 6.00. The molecule has 4 aromatic rings. The Labute approximate surface area is 349 Å². The molecule has 0 aliphatic heterocycles. The number of rotatable bonds is 14. The summed E-state index contributed by atoms with van der Waals surface area (Å²) in [6, 6.07) is 20.9. The largest absolute Gasteiger partial charge is 0.370 e. The van der Waals surface area contributed by atoms with Crippen LogP contribution in [0.4, 0.5) is 0 Å². The smallest absolute Gasteiger partial charge is 0.268 e. The number of nitrogens with one attached hydrogen (secondary N) is 4. The van der Waals surface area contributed by atoms with E-state index in [0.717, 1.165) is 53.9 Å². The van der Waals surface area contributed by atoms with Crippen LogP contribution >= 0.6 is 0 Å². The first-order valence-corrected chi connectivity index (χ1v) is 20.5. The molecule has 0 spiro atoms. The van der Waals surface area contributed by atoms with Gasteiger partial charge in [0.05, 0.1) is 24.0 Å². The molecule has 0 saturated heterocycles. The number of nitrogens with zero attached hydrogens (tertiary/aromatic N) is 4. The number of para-hydroxylation sites is 2. The van der Waals surface area contributed by atoms with Crippen LogP contribution in [-0.2, 0) is 33.3 Å². The third-order valence-corrected chi connectivity index (χ3v) is 11.6.